The van der Waals surface area contributed by atoms with E-state index in [9.17, 15) is 4.79 Å². The molecule has 0 aliphatic heterocycles. The van der Waals surface area contributed by atoms with Gasteiger partial charge < -0.3 is 0 Å². The van der Waals surface area contributed by atoms with E-state index in [1.54, 1.807) is 6.92 Å². The molecule has 0 saturated carbocycles. The van der Waals surface area contributed by atoms with Gasteiger partial charge in [-0.1, -0.05) is 49.0 Å². The van der Waals surface area contributed by atoms with E-state index in [0.717, 1.165) is 12.0 Å². The van der Waals surface area contributed by atoms with Crippen molar-refractivity contribution in [2.24, 2.45) is 11.8 Å². The van der Waals surface area contributed by atoms with Crippen LogP contribution in [0.2, 0.25) is 0 Å². The fourth-order valence-electron chi connectivity index (χ4n) is 2.11. The van der Waals surface area contributed by atoms with Crippen LogP contribution in [-0.2, 0) is 4.79 Å². The highest BCUT2D eigenvalue weighted by molar-refractivity contribution is 5.93. The zero-order valence-corrected chi connectivity index (χ0v) is 12.7. The minimum atomic E-state index is 0.162. The molecule has 0 spiro atoms. The van der Waals surface area contributed by atoms with E-state index in [1.165, 1.54) is 24.0 Å². The normalized spacial score (nSPS) is 22.2. The van der Waals surface area contributed by atoms with E-state index >= 15 is 0 Å². The van der Waals surface area contributed by atoms with Gasteiger partial charge in [-0.3, -0.25) is 4.79 Å². The molecule has 19 heavy (non-hydrogen) atoms. The Morgan fingerprint density at radius 2 is 2.11 bits per heavy atom. The summed E-state index contributed by atoms with van der Waals surface area (Å²) in [7, 11) is 0. The van der Waals surface area contributed by atoms with E-state index in [2.05, 4.69) is 38.7 Å². The summed E-state index contributed by atoms with van der Waals surface area (Å²) in [5, 5.41) is 0. The number of carbonyl (C=O) groups is 1. The van der Waals surface area contributed by atoms with Gasteiger partial charge in [-0.05, 0) is 57.4 Å². The van der Waals surface area contributed by atoms with Crippen LogP contribution in [0.3, 0.4) is 0 Å². The first-order valence-electron chi connectivity index (χ1n) is 7.13. The van der Waals surface area contributed by atoms with Gasteiger partial charge in [0.1, 0.15) is 0 Å². The largest absolute Gasteiger partial charge is 0.295 e. The second-order valence-corrected chi connectivity index (χ2v) is 5.70. The highest BCUT2D eigenvalue weighted by Gasteiger charge is 2.11. The maximum atomic E-state index is 11.3. The standard InChI is InChI=1S/C18H26O/c1-13(2)14(3)9-10-17-7-6-8-18(12-17)11-15(4)16(5)19/h9-12,14,17H,1,6-8H2,2-5H3/b10-9+,15-11-. The van der Waals surface area contributed by atoms with Crippen molar-refractivity contribution in [2.45, 2.75) is 47.0 Å². The summed E-state index contributed by atoms with van der Waals surface area (Å²) in [4.78, 5) is 11.3. The Morgan fingerprint density at radius 3 is 2.68 bits per heavy atom. The summed E-state index contributed by atoms with van der Waals surface area (Å²) in [6.45, 7) is 11.7. The van der Waals surface area contributed by atoms with Crippen LogP contribution < -0.4 is 0 Å². The van der Waals surface area contributed by atoms with E-state index in [-0.39, 0.29) is 5.78 Å². The number of hydrogen-bond acceptors (Lipinski definition) is 1. The van der Waals surface area contributed by atoms with E-state index < -0.39 is 0 Å². The number of Topliss-reactive ketones (excluding diaryl/α,β-unsaturated/α-hetero) is 1. The maximum Gasteiger partial charge on any atom is 0.155 e. The van der Waals surface area contributed by atoms with Crippen molar-refractivity contribution in [1.29, 1.82) is 0 Å². The Balaban J connectivity index is 2.75. The molecule has 1 aliphatic carbocycles. The Labute approximate surface area is 117 Å². The topological polar surface area (TPSA) is 17.1 Å². The summed E-state index contributed by atoms with van der Waals surface area (Å²) in [5.41, 5.74) is 3.35. The van der Waals surface area contributed by atoms with Crippen LogP contribution in [0.25, 0.3) is 0 Å². The first-order chi connectivity index (χ1) is 8.90. The van der Waals surface area contributed by atoms with Crippen molar-refractivity contribution in [3.8, 4) is 0 Å². The van der Waals surface area contributed by atoms with Gasteiger partial charge in [-0.15, -0.1) is 0 Å². The van der Waals surface area contributed by atoms with Crippen molar-refractivity contribution in [3.05, 3.63) is 47.6 Å². The highest BCUT2D eigenvalue weighted by Crippen LogP contribution is 2.26. The molecule has 0 saturated heterocycles. The SMILES string of the molecule is C=C(C)C(C)/C=C/C1C=C(/C=C(/C)C(C)=O)CCC1. The second kappa shape index (κ2) is 7.28. The molecule has 0 fully saturated rings. The molecule has 0 amide bonds. The molecule has 1 aliphatic rings. The van der Waals surface area contributed by atoms with Gasteiger partial charge in [-0.2, -0.15) is 0 Å². The summed E-state index contributed by atoms with van der Waals surface area (Å²) >= 11 is 0. The lowest BCUT2D eigenvalue weighted by Gasteiger charge is -2.17. The average molecular weight is 258 g/mol. The number of rotatable bonds is 5. The Hall–Kier alpha value is -1.37. The molecule has 2 unspecified atom stereocenters. The molecular formula is C18H26O. The van der Waals surface area contributed by atoms with Crippen LogP contribution in [0.15, 0.2) is 47.6 Å². The molecular weight excluding hydrogens is 232 g/mol. The minimum absolute atomic E-state index is 0.162. The van der Waals surface area contributed by atoms with Crippen molar-refractivity contribution in [1.82, 2.24) is 0 Å². The lowest BCUT2D eigenvalue weighted by atomic mass is 9.88. The Morgan fingerprint density at radius 1 is 1.42 bits per heavy atom. The number of ketones is 1. The van der Waals surface area contributed by atoms with E-state index in [4.69, 9.17) is 0 Å². The molecule has 0 aromatic carbocycles. The summed E-state index contributed by atoms with van der Waals surface area (Å²) in [6.07, 6.45) is 12.4. The molecule has 1 heteroatoms. The average Bonchev–Trinajstić information content (AvgIpc) is 2.36. The minimum Gasteiger partial charge on any atom is -0.295 e. The van der Waals surface area contributed by atoms with Crippen molar-refractivity contribution < 1.29 is 4.79 Å². The van der Waals surface area contributed by atoms with Crippen LogP contribution in [-0.4, -0.2) is 5.78 Å². The molecule has 0 aromatic heterocycles. The van der Waals surface area contributed by atoms with Crippen LogP contribution in [0, 0.1) is 11.8 Å². The van der Waals surface area contributed by atoms with Gasteiger partial charge in [-0.25, -0.2) is 0 Å². The third kappa shape index (κ3) is 5.42. The number of carbonyl (C=O) groups excluding carboxylic acids is 1. The maximum absolute atomic E-state index is 11.3. The van der Waals surface area contributed by atoms with Crippen LogP contribution in [0.4, 0.5) is 0 Å². The molecule has 0 radical (unpaired) electrons. The van der Waals surface area contributed by atoms with Gasteiger partial charge >= 0.3 is 0 Å². The third-order valence-corrected chi connectivity index (χ3v) is 3.81. The second-order valence-electron chi connectivity index (χ2n) is 5.70. The van der Waals surface area contributed by atoms with Gasteiger partial charge in [0, 0.05) is 0 Å². The molecule has 0 bridgehead atoms. The van der Waals surface area contributed by atoms with Crippen molar-refractivity contribution in [3.63, 3.8) is 0 Å². The number of allylic oxidation sites excluding steroid dienone is 7. The first-order valence-corrected chi connectivity index (χ1v) is 7.13. The summed E-state index contributed by atoms with van der Waals surface area (Å²) in [5.74, 6) is 1.10. The lowest BCUT2D eigenvalue weighted by Crippen LogP contribution is -2.03. The fraction of sp³-hybridized carbons (Fsp3) is 0.500. The van der Waals surface area contributed by atoms with Crippen LogP contribution in [0.1, 0.15) is 47.0 Å². The highest BCUT2D eigenvalue weighted by atomic mass is 16.1. The molecule has 2 atom stereocenters. The van der Waals surface area contributed by atoms with Crippen molar-refractivity contribution >= 4 is 5.78 Å². The molecule has 0 aromatic rings. The Bertz CT molecular complexity index is 435. The van der Waals surface area contributed by atoms with E-state index in [0.29, 0.717) is 11.8 Å². The lowest BCUT2D eigenvalue weighted by molar-refractivity contribution is -0.113. The zero-order valence-electron chi connectivity index (χ0n) is 12.7. The van der Waals surface area contributed by atoms with Gasteiger partial charge in [0.15, 0.2) is 5.78 Å². The monoisotopic (exact) mass is 258 g/mol. The molecule has 104 valence electrons. The Kier molecular flexibility index (Phi) is 6.01. The first kappa shape index (κ1) is 15.7. The predicted octanol–water partition coefficient (Wildman–Crippen LogP) is 5.02. The molecule has 0 heterocycles. The summed E-state index contributed by atoms with van der Waals surface area (Å²) in [6, 6.07) is 0. The quantitative estimate of drug-likeness (QED) is 0.500. The fourth-order valence-corrected chi connectivity index (χ4v) is 2.11. The van der Waals surface area contributed by atoms with Gasteiger partial charge in [0.05, 0.1) is 0 Å². The smallest absolute Gasteiger partial charge is 0.155 e. The zero-order chi connectivity index (χ0) is 14.4. The van der Waals surface area contributed by atoms with Crippen LogP contribution >= 0.6 is 0 Å². The van der Waals surface area contributed by atoms with Crippen LogP contribution in [0.5, 0.6) is 0 Å². The molecule has 1 rings (SSSR count). The van der Waals surface area contributed by atoms with Gasteiger partial charge in [0.2, 0.25) is 0 Å². The van der Waals surface area contributed by atoms with Crippen molar-refractivity contribution in [2.75, 3.05) is 0 Å². The van der Waals surface area contributed by atoms with E-state index in [1.807, 2.05) is 13.0 Å². The molecule has 1 nitrogen and oxygen atoms in total. The third-order valence-electron chi connectivity index (χ3n) is 3.81. The summed E-state index contributed by atoms with van der Waals surface area (Å²) < 4.78 is 0. The number of hydrogen-bond donors (Lipinski definition) is 0. The molecule has 0 N–H and O–H groups in total. The van der Waals surface area contributed by atoms with Gasteiger partial charge in [0.25, 0.3) is 0 Å². The predicted molar refractivity (Wildman–Crippen MR) is 83.0 cm³/mol.